The summed E-state index contributed by atoms with van der Waals surface area (Å²) in [5.41, 5.74) is 0.578. The van der Waals surface area contributed by atoms with Gasteiger partial charge in [0.25, 0.3) is 5.91 Å². The normalized spacial score (nSPS) is 13.3. The number of carboxylic acid groups (broad SMARTS) is 1. The molecule has 8 nitrogen and oxygen atoms in total. The number of aromatic hydroxyl groups is 1. The summed E-state index contributed by atoms with van der Waals surface area (Å²) in [6.45, 7) is 8.47. The van der Waals surface area contributed by atoms with E-state index in [-0.39, 0.29) is 17.2 Å². The van der Waals surface area contributed by atoms with Crippen molar-refractivity contribution in [3.8, 4) is 17.2 Å². The molecular formula is C27H30F4N2O6. The fourth-order valence-electron chi connectivity index (χ4n) is 3.10. The standard InChI is InChI=1S/C16H14N2O5.C7H4F4O.2C2H6/c19-12-8-9(3-4-10(12)16(21)22)15(20)18-11-5-7-23-13-2-1-6-17-14(11)13;8-5-3-1-2-4-6(5)12-7(9,10)11;2*1-2/h1-4,6,8,11,19H,5,7H2,(H,18,20)(H,21,22);1-4H;2*1-2H3. The third-order valence-corrected chi connectivity index (χ3v) is 4.65. The van der Waals surface area contributed by atoms with Crippen LogP contribution in [-0.2, 0) is 0 Å². The maximum absolute atomic E-state index is 12.5. The molecule has 39 heavy (non-hydrogen) atoms. The van der Waals surface area contributed by atoms with Gasteiger partial charge < -0.3 is 25.0 Å². The lowest BCUT2D eigenvalue weighted by molar-refractivity contribution is -0.275. The molecule has 1 amide bonds. The van der Waals surface area contributed by atoms with E-state index in [0.29, 0.717) is 24.5 Å². The molecule has 1 aliphatic rings. The summed E-state index contributed by atoms with van der Waals surface area (Å²) in [7, 11) is 0. The smallest absolute Gasteiger partial charge is 0.507 e. The summed E-state index contributed by atoms with van der Waals surface area (Å²) < 4.78 is 55.9. The van der Waals surface area contributed by atoms with Gasteiger partial charge in [0.1, 0.15) is 22.8 Å². The molecule has 4 rings (SSSR count). The van der Waals surface area contributed by atoms with Gasteiger partial charge in [-0.2, -0.15) is 0 Å². The van der Waals surface area contributed by atoms with Crippen molar-refractivity contribution < 1.29 is 46.8 Å². The fraction of sp³-hybridized carbons (Fsp3) is 0.296. The lowest BCUT2D eigenvalue weighted by Crippen LogP contribution is -2.32. The van der Waals surface area contributed by atoms with Crippen molar-refractivity contribution in [2.45, 2.75) is 46.5 Å². The number of ether oxygens (including phenoxy) is 2. The van der Waals surface area contributed by atoms with Crippen molar-refractivity contribution in [2.75, 3.05) is 6.61 Å². The second-order valence-corrected chi connectivity index (χ2v) is 7.07. The Kier molecular flexibility index (Phi) is 13.2. The number of benzene rings is 2. The minimum absolute atomic E-state index is 0.177. The first-order valence-corrected chi connectivity index (χ1v) is 12.0. The molecule has 0 bridgehead atoms. The zero-order valence-corrected chi connectivity index (χ0v) is 21.8. The first-order valence-electron chi connectivity index (χ1n) is 12.0. The summed E-state index contributed by atoms with van der Waals surface area (Å²) in [6.07, 6.45) is -2.64. The molecule has 0 aliphatic carbocycles. The number of nitrogens with zero attached hydrogens (tertiary/aromatic N) is 1. The Labute approximate surface area is 223 Å². The quantitative estimate of drug-likeness (QED) is 0.315. The lowest BCUT2D eigenvalue weighted by Gasteiger charge is -2.25. The number of hydrogen-bond acceptors (Lipinski definition) is 6. The number of pyridine rings is 1. The van der Waals surface area contributed by atoms with Crippen molar-refractivity contribution in [2.24, 2.45) is 0 Å². The molecule has 0 fully saturated rings. The Morgan fingerprint density at radius 1 is 1.05 bits per heavy atom. The van der Waals surface area contributed by atoms with Crippen LogP contribution in [0.2, 0.25) is 0 Å². The Balaban J connectivity index is 0.000000402. The second kappa shape index (κ2) is 15.8. The third-order valence-electron chi connectivity index (χ3n) is 4.65. The summed E-state index contributed by atoms with van der Waals surface area (Å²) in [5.74, 6) is -3.33. The molecule has 2 aromatic carbocycles. The van der Waals surface area contributed by atoms with Gasteiger partial charge >= 0.3 is 12.3 Å². The first kappa shape index (κ1) is 32.7. The first-order chi connectivity index (χ1) is 18.5. The van der Waals surface area contributed by atoms with Gasteiger partial charge in [-0.25, -0.2) is 9.18 Å². The molecule has 0 saturated carbocycles. The maximum atomic E-state index is 12.5. The number of aromatic carboxylic acids is 1. The number of hydrogen-bond donors (Lipinski definition) is 3. The zero-order chi connectivity index (χ0) is 29.6. The average Bonchev–Trinajstić information content (AvgIpc) is 2.92. The number of para-hydroxylation sites is 1. The van der Waals surface area contributed by atoms with Crippen LogP contribution in [0.4, 0.5) is 17.6 Å². The number of phenols is 1. The van der Waals surface area contributed by atoms with Crippen LogP contribution in [0.3, 0.4) is 0 Å². The van der Waals surface area contributed by atoms with E-state index in [1.165, 1.54) is 24.3 Å². The van der Waals surface area contributed by atoms with Gasteiger partial charge in [0.15, 0.2) is 11.6 Å². The fourth-order valence-corrected chi connectivity index (χ4v) is 3.10. The van der Waals surface area contributed by atoms with Crippen LogP contribution in [0.15, 0.2) is 60.8 Å². The summed E-state index contributed by atoms with van der Waals surface area (Å²) >= 11 is 0. The third kappa shape index (κ3) is 10.1. The number of nitrogens with one attached hydrogen (secondary N) is 1. The summed E-state index contributed by atoms with van der Waals surface area (Å²) in [5, 5.41) is 21.4. The van der Waals surface area contributed by atoms with Crippen molar-refractivity contribution >= 4 is 11.9 Å². The summed E-state index contributed by atoms with van der Waals surface area (Å²) in [6, 6.07) is 11.3. The monoisotopic (exact) mass is 554 g/mol. The molecule has 0 saturated heterocycles. The Morgan fingerprint density at radius 3 is 2.31 bits per heavy atom. The van der Waals surface area contributed by atoms with Gasteiger partial charge in [0.2, 0.25) is 0 Å². The van der Waals surface area contributed by atoms with E-state index >= 15 is 0 Å². The van der Waals surface area contributed by atoms with Crippen LogP contribution in [0, 0.1) is 5.82 Å². The van der Waals surface area contributed by atoms with Crippen LogP contribution in [0.25, 0.3) is 0 Å². The highest BCUT2D eigenvalue weighted by molar-refractivity contribution is 5.97. The average molecular weight is 555 g/mol. The van der Waals surface area contributed by atoms with Crippen LogP contribution >= 0.6 is 0 Å². The number of carbonyl (C=O) groups is 2. The van der Waals surface area contributed by atoms with E-state index in [1.54, 1.807) is 18.3 Å². The van der Waals surface area contributed by atoms with Gasteiger partial charge in [0.05, 0.1) is 12.6 Å². The minimum Gasteiger partial charge on any atom is -0.507 e. The number of alkyl halides is 3. The van der Waals surface area contributed by atoms with Crippen molar-refractivity contribution in [1.82, 2.24) is 10.3 Å². The Morgan fingerprint density at radius 2 is 1.72 bits per heavy atom. The van der Waals surface area contributed by atoms with Crippen LogP contribution < -0.4 is 14.8 Å². The predicted molar refractivity (Wildman–Crippen MR) is 135 cm³/mol. The molecule has 0 radical (unpaired) electrons. The van der Waals surface area contributed by atoms with Gasteiger partial charge in [-0.3, -0.25) is 9.78 Å². The van der Waals surface area contributed by atoms with Gasteiger partial charge in [-0.1, -0.05) is 39.8 Å². The largest absolute Gasteiger partial charge is 0.573 e. The van der Waals surface area contributed by atoms with Gasteiger partial charge in [-0.15, -0.1) is 13.2 Å². The lowest BCUT2D eigenvalue weighted by atomic mass is 10.0. The van der Waals surface area contributed by atoms with Crippen molar-refractivity contribution in [1.29, 1.82) is 0 Å². The molecule has 0 spiro atoms. The number of aromatic nitrogens is 1. The van der Waals surface area contributed by atoms with E-state index in [0.717, 1.165) is 18.2 Å². The van der Waals surface area contributed by atoms with Crippen molar-refractivity contribution in [3.63, 3.8) is 0 Å². The van der Waals surface area contributed by atoms with Gasteiger partial charge in [-0.05, 0) is 42.5 Å². The number of carbonyl (C=O) groups excluding carboxylic acids is 1. The number of halogens is 4. The molecule has 212 valence electrons. The molecule has 1 unspecified atom stereocenters. The maximum Gasteiger partial charge on any atom is 0.573 e. The molecule has 1 atom stereocenters. The number of fused-ring (bicyclic) bond motifs is 1. The number of rotatable bonds is 4. The number of amides is 1. The number of carboxylic acids is 1. The highest BCUT2D eigenvalue weighted by Crippen LogP contribution is 2.30. The minimum atomic E-state index is -4.85. The molecule has 1 aromatic heterocycles. The van der Waals surface area contributed by atoms with Gasteiger partial charge in [0, 0.05) is 18.2 Å². The zero-order valence-electron chi connectivity index (χ0n) is 21.8. The van der Waals surface area contributed by atoms with Crippen LogP contribution in [-0.4, -0.2) is 40.0 Å². The molecule has 3 N–H and O–H groups in total. The molecule has 12 heteroatoms. The highest BCUT2D eigenvalue weighted by atomic mass is 19.4. The molecule has 3 aromatic rings. The highest BCUT2D eigenvalue weighted by Gasteiger charge is 2.32. The summed E-state index contributed by atoms with van der Waals surface area (Å²) in [4.78, 5) is 27.4. The molecule has 2 heterocycles. The van der Waals surface area contributed by atoms with E-state index < -0.39 is 35.6 Å². The predicted octanol–water partition coefficient (Wildman–Crippen LogP) is 6.52. The Bertz CT molecular complexity index is 1220. The van der Waals surface area contributed by atoms with E-state index in [9.17, 15) is 32.3 Å². The van der Waals surface area contributed by atoms with E-state index in [1.807, 2.05) is 27.7 Å². The van der Waals surface area contributed by atoms with E-state index in [2.05, 4.69) is 15.0 Å². The van der Waals surface area contributed by atoms with E-state index in [4.69, 9.17) is 9.84 Å². The Hall–Kier alpha value is -4.35. The SMILES string of the molecule is CC.CC.Fc1ccccc1OC(F)(F)F.O=C(NC1CCOc2cccnc21)c1ccc(C(=O)O)c(O)c1. The molecular weight excluding hydrogens is 524 g/mol. The molecule has 1 aliphatic heterocycles. The second-order valence-electron chi connectivity index (χ2n) is 7.07. The van der Waals surface area contributed by atoms with Crippen molar-refractivity contribution in [3.05, 3.63) is 83.4 Å². The van der Waals surface area contributed by atoms with Crippen LogP contribution in [0.5, 0.6) is 17.2 Å². The van der Waals surface area contributed by atoms with Crippen LogP contribution in [0.1, 0.15) is 66.6 Å². The topological polar surface area (TPSA) is 118 Å².